The molecule has 110 valence electrons. The lowest BCUT2D eigenvalue weighted by atomic mass is 9.94. The number of carbonyl (C=O) groups is 1. The predicted octanol–water partition coefficient (Wildman–Crippen LogP) is 3.20. The third kappa shape index (κ3) is 4.20. The fourth-order valence-electron chi connectivity index (χ4n) is 1.83. The standard InChI is InChI=1S/C15H23N3OS/c1-6-10-8-11(17-14(16)20)7-9(2)12(10)18-13(19)15(3,4)5/h7-8H,6H2,1-5H3,(H,18,19)(H3,16,17,20). The van der Waals surface area contributed by atoms with Crippen LogP contribution in [0.4, 0.5) is 11.4 Å². The van der Waals surface area contributed by atoms with Crippen molar-refractivity contribution in [2.24, 2.45) is 11.1 Å². The van der Waals surface area contributed by atoms with Crippen LogP contribution < -0.4 is 16.4 Å². The van der Waals surface area contributed by atoms with Gasteiger partial charge < -0.3 is 16.4 Å². The van der Waals surface area contributed by atoms with Crippen molar-refractivity contribution in [2.75, 3.05) is 10.6 Å². The second kappa shape index (κ2) is 6.22. The van der Waals surface area contributed by atoms with E-state index in [0.29, 0.717) is 0 Å². The molecule has 0 saturated heterocycles. The summed E-state index contributed by atoms with van der Waals surface area (Å²) < 4.78 is 0. The minimum atomic E-state index is -0.423. The first-order valence-electron chi connectivity index (χ1n) is 6.66. The number of hydrogen-bond donors (Lipinski definition) is 3. The molecule has 1 amide bonds. The number of carbonyl (C=O) groups excluding carboxylic acids is 1. The highest BCUT2D eigenvalue weighted by atomic mass is 32.1. The normalized spacial score (nSPS) is 11.1. The summed E-state index contributed by atoms with van der Waals surface area (Å²) in [5.41, 5.74) is 8.84. The third-order valence-electron chi connectivity index (χ3n) is 2.99. The quantitative estimate of drug-likeness (QED) is 0.749. The summed E-state index contributed by atoms with van der Waals surface area (Å²) >= 11 is 4.85. The van der Waals surface area contributed by atoms with Gasteiger partial charge in [-0.3, -0.25) is 4.79 Å². The van der Waals surface area contributed by atoms with E-state index in [0.717, 1.165) is 28.9 Å². The number of amides is 1. The fourth-order valence-corrected chi connectivity index (χ4v) is 1.95. The maximum Gasteiger partial charge on any atom is 0.229 e. The first-order chi connectivity index (χ1) is 9.15. The van der Waals surface area contributed by atoms with Crippen LogP contribution in [-0.4, -0.2) is 11.0 Å². The van der Waals surface area contributed by atoms with E-state index >= 15 is 0 Å². The van der Waals surface area contributed by atoms with Gasteiger partial charge in [0.25, 0.3) is 0 Å². The topological polar surface area (TPSA) is 67.2 Å². The van der Waals surface area contributed by atoms with E-state index in [-0.39, 0.29) is 11.0 Å². The number of nitrogens with one attached hydrogen (secondary N) is 2. The van der Waals surface area contributed by atoms with E-state index in [9.17, 15) is 4.79 Å². The summed E-state index contributed by atoms with van der Waals surface area (Å²) in [5, 5.41) is 6.18. The van der Waals surface area contributed by atoms with E-state index in [1.807, 2.05) is 46.8 Å². The van der Waals surface area contributed by atoms with Gasteiger partial charge in [-0.05, 0) is 48.8 Å². The van der Waals surface area contributed by atoms with Gasteiger partial charge in [0.05, 0.1) is 0 Å². The Morgan fingerprint density at radius 3 is 2.35 bits per heavy atom. The molecule has 0 aromatic heterocycles. The van der Waals surface area contributed by atoms with E-state index in [1.54, 1.807) is 0 Å². The molecule has 4 N–H and O–H groups in total. The Hall–Kier alpha value is -1.62. The first kappa shape index (κ1) is 16.4. The van der Waals surface area contributed by atoms with Crippen LogP contribution >= 0.6 is 12.2 Å². The van der Waals surface area contributed by atoms with E-state index in [4.69, 9.17) is 18.0 Å². The van der Waals surface area contributed by atoms with Gasteiger partial charge in [-0.2, -0.15) is 0 Å². The van der Waals surface area contributed by atoms with Crippen molar-refractivity contribution >= 4 is 34.6 Å². The Morgan fingerprint density at radius 1 is 1.30 bits per heavy atom. The molecule has 1 aromatic rings. The molecule has 0 saturated carbocycles. The van der Waals surface area contributed by atoms with Crippen molar-refractivity contribution in [3.63, 3.8) is 0 Å². The Balaban J connectivity index is 3.14. The average molecular weight is 293 g/mol. The molecule has 0 aliphatic rings. The van der Waals surface area contributed by atoms with Gasteiger partial charge in [0.1, 0.15) is 0 Å². The van der Waals surface area contributed by atoms with E-state index in [1.165, 1.54) is 0 Å². The summed E-state index contributed by atoms with van der Waals surface area (Å²) in [6.07, 6.45) is 0.813. The molecule has 0 bridgehead atoms. The van der Waals surface area contributed by atoms with E-state index in [2.05, 4.69) is 10.6 Å². The Kier molecular flexibility index (Phi) is 5.11. The Bertz CT molecular complexity index is 533. The van der Waals surface area contributed by atoms with Gasteiger partial charge in [-0.25, -0.2) is 0 Å². The summed E-state index contributed by atoms with van der Waals surface area (Å²) in [4.78, 5) is 12.1. The molecule has 0 aliphatic heterocycles. The molecule has 0 spiro atoms. The number of aryl methyl sites for hydroxylation is 2. The highest BCUT2D eigenvalue weighted by molar-refractivity contribution is 7.80. The number of rotatable bonds is 3. The molecule has 0 heterocycles. The van der Waals surface area contributed by atoms with Crippen molar-refractivity contribution in [1.29, 1.82) is 0 Å². The summed E-state index contributed by atoms with van der Waals surface area (Å²) in [5.74, 6) is 0.00496. The molecule has 0 aliphatic carbocycles. The van der Waals surface area contributed by atoms with Gasteiger partial charge in [-0.1, -0.05) is 27.7 Å². The lowest BCUT2D eigenvalue weighted by Crippen LogP contribution is -2.28. The van der Waals surface area contributed by atoms with Crippen molar-refractivity contribution in [3.05, 3.63) is 23.3 Å². The minimum Gasteiger partial charge on any atom is -0.376 e. The highest BCUT2D eigenvalue weighted by Crippen LogP contribution is 2.28. The smallest absolute Gasteiger partial charge is 0.229 e. The molecular weight excluding hydrogens is 270 g/mol. The van der Waals surface area contributed by atoms with Gasteiger partial charge >= 0.3 is 0 Å². The number of nitrogens with two attached hydrogens (primary N) is 1. The van der Waals surface area contributed by atoms with Crippen LogP contribution in [0.2, 0.25) is 0 Å². The number of hydrogen-bond acceptors (Lipinski definition) is 2. The van der Waals surface area contributed by atoms with Crippen LogP contribution in [-0.2, 0) is 11.2 Å². The molecule has 0 atom stereocenters. The maximum absolute atomic E-state index is 12.1. The SMILES string of the molecule is CCc1cc(NC(N)=S)cc(C)c1NC(=O)C(C)(C)C. The molecule has 20 heavy (non-hydrogen) atoms. The molecule has 1 rings (SSSR count). The van der Waals surface area contributed by atoms with Crippen LogP contribution in [0, 0.1) is 12.3 Å². The van der Waals surface area contributed by atoms with Crippen LogP contribution in [0.5, 0.6) is 0 Å². The van der Waals surface area contributed by atoms with Gasteiger partial charge in [0.15, 0.2) is 5.11 Å². The molecule has 4 nitrogen and oxygen atoms in total. The lowest BCUT2D eigenvalue weighted by molar-refractivity contribution is -0.123. The molecule has 1 aromatic carbocycles. The zero-order valence-corrected chi connectivity index (χ0v) is 13.6. The number of thiocarbonyl (C=S) groups is 1. The van der Waals surface area contributed by atoms with Crippen molar-refractivity contribution in [2.45, 2.75) is 41.0 Å². The average Bonchev–Trinajstić information content (AvgIpc) is 2.29. The lowest BCUT2D eigenvalue weighted by Gasteiger charge is -2.21. The van der Waals surface area contributed by atoms with Crippen molar-refractivity contribution < 1.29 is 4.79 Å². The predicted molar refractivity (Wildman–Crippen MR) is 89.0 cm³/mol. The van der Waals surface area contributed by atoms with Gasteiger partial charge in [-0.15, -0.1) is 0 Å². The first-order valence-corrected chi connectivity index (χ1v) is 7.07. The molecule has 0 fully saturated rings. The largest absolute Gasteiger partial charge is 0.376 e. The maximum atomic E-state index is 12.1. The van der Waals surface area contributed by atoms with Crippen LogP contribution in [0.15, 0.2) is 12.1 Å². The van der Waals surface area contributed by atoms with Crippen LogP contribution in [0.25, 0.3) is 0 Å². The zero-order chi connectivity index (χ0) is 15.5. The second-order valence-corrected chi connectivity index (χ2v) is 6.31. The third-order valence-corrected chi connectivity index (χ3v) is 3.09. The fraction of sp³-hybridized carbons (Fsp3) is 0.467. The minimum absolute atomic E-state index is 0.00496. The number of anilines is 2. The van der Waals surface area contributed by atoms with Crippen molar-refractivity contribution in [3.8, 4) is 0 Å². The summed E-state index contributed by atoms with van der Waals surface area (Å²) in [6, 6.07) is 3.89. The molecule has 0 radical (unpaired) electrons. The number of benzene rings is 1. The molecule has 5 heteroatoms. The Labute approximate surface area is 126 Å². The molecule has 0 unspecified atom stereocenters. The summed E-state index contributed by atoms with van der Waals surface area (Å²) in [7, 11) is 0. The van der Waals surface area contributed by atoms with Gasteiger partial charge in [0.2, 0.25) is 5.91 Å². The van der Waals surface area contributed by atoms with Gasteiger partial charge in [0, 0.05) is 16.8 Å². The second-order valence-electron chi connectivity index (χ2n) is 5.87. The monoisotopic (exact) mass is 293 g/mol. The highest BCUT2D eigenvalue weighted by Gasteiger charge is 2.22. The van der Waals surface area contributed by atoms with E-state index < -0.39 is 5.41 Å². The summed E-state index contributed by atoms with van der Waals surface area (Å²) in [6.45, 7) is 9.69. The zero-order valence-electron chi connectivity index (χ0n) is 12.8. The van der Waals surface area contributed by atoms with Crippen molar-refractivity contribution in [1.82, 2.24) is 0 Å². The molecular formula is C15H23N3OS. The van der Waals surface area contributed by atoms with Crippen LogP contribution in [0.3, 0.4) is 0 Å². The Morgan fingerprint density at radius 2 is 1.90 bits per heavy atom. The van der Waals surface area contributed by atoms with Crippen LogP contribution in [0.1, 0.15) is 38.8 Å².